The van der Waals surface area contributed by atoms with Crippen molar-refractivity contribution in [2.45, 2.75) is 37.0 Å². The van der Waals surface area contributed by atoms with E-state index in [1.165, 1.54) is 17.7 Å². The molecular formula is C26H29N3OS. The number of nitrogens with one attached hydrogen (secondary N) is 2. The van der Waals surface area contributed by atoms with Crippen LogP contribution in [-0.2, 0) is 0 Å². The van der Waals surface area contributed by atoms with Crippen molar-refractivity contribution in [1.29, 1.82) is 0 Å². The lowest BCUT2D eigenvalue weighted by molar-refractivity contribution is 0.102. The molecule has 1 aliphatic rings. The fourth-order valence-corrected chi connectivity index (χ4v) is 4.55. The Kier molecular flexibility index (Phi) is 7.05. The summed E-state index contributed by atoms with van der Waals surface area (Å²) in [5.74, 6) is 0.223. The molecule has 4 nitrogen and oxygen atoms in total. The van der Waals surface area contributed by atoms with E-state index in [-0.39, 0.29) is 5.91 Å². The Morgan fingerprint density at radius 2 is 1.97 bits per heavy atom. The van der Waals surface area contributed by atoms with Gasteiger partial charge in [-0.15, -0.1) is 11.8 Å². The van der Waals surface area contributed by atoms with Crippen LogP contribution in [0.1, 0.15) is 46.8 Å². The SMILES string of the molecule is CSc1ccc(-c2cc(C(=O)Nc3cccnc3C3CCCCNC3)ccc2C)cc1. The molecule has 1 aromatic heterocycles. The zero-order valence-corrected chi connectivity index (χ0v) is 19.0. The van der Waals surface area contributed by atoms with Gasteiger partial charge in [0, 0.05) is 29.1 Å². The summed E-state index contributed by atoms with van der Waals surface area (Å²) in [6, 6.07) is 18.2. The summed E-state index contributed by atoms with van der Waals surface area (Å²) in [6.07, 6.45) is 7.35. The first-order valence-electron chi connectivity index (χ1n) is 10.9. The van der Waals surface area contributed by atoms with Crippen LogP contribution in [0.5, 0.6) is 0 Å². The molecule has 160 valence electrons. The first kappa shape index (κ1) is 21.6. The van der Waals surface area contributed by atoms with Gasteiger partial charge in [0.1, 0.15) is 0 Å². The summed E-state index contributed by atoms with van der Waals surface area (Å²) in [4.78, 5) is 19.0. The highest BCUT2D eigenvalue weighted by atomic mass is 32.2. The second kappa shape index (κ2) is 10.1. The van der Waals surface area contributed by atoms with Gasteiger partial charge in [-0.3, -0.25) is 9.78 Å². The molecule has 2 N–H and O–H groups in total. The fraction of sp³-hybridized carbons (Fsp3) is 0.308. The summed E-state index contributed by atoms with van der Waals surface area (Å²) in [5.41, 5.74) is 5.80. The van der Waals surface area contributed by atoms with E-state index < -0.39 is 0 Å². The number of hydrogen-bond acceptors (Lipinski definition) is 4. The Balaban J connectivity index is 1.58. The molecule has 0 bridgehead atoms. The minimum Gasteiger partial charge on any atom is -0.320 e. The van der Waals surface area contributed by atoms with E-state index in [2.05, 4.69) is 53.1 Å². The maximum absolute atomic E-state index is 13.2. The molecule has 0 spiro atoms. The van der Waals surface area contributed by atoms with Crippen LogP contribution < -0.4 is 10.6 Å². The molecule has 0 saturated carbocycles. The van der Waals surface area contributed by atoms with Crippen molar-refractivity contribution in [3.8, 4) is 11.1 Å². The molecule has 1 aliphatic heterocycles. The van der Waals surface area contributed by atoms with Gasteiger partial charge in [0.15, 0.2) is 0 Å². The predicted molar refractivity (Wildman–Crippen MR) is 130 cm³/mol. The Labute approximate surface area is 188 Å². The standard InChI is InChI=1S/C26H29N3OS/c1-18-8-9-20(16-23(18)19-10-12-22(31-2)13-11-19)26(30)29-24-7-5-15-28-25(24)21-6-3-4-14-27-17-21/h5,7-13,15-16,21,27H,3-4,6,14,17H2,1-2H3,(H,29,30). The van der Waals surface area contributed by atoms with Crippen LogP contribution in [-0.4, -0.2) is 30.2 Å². The van der Waals surface area contributed by atoms with Crippen LogP contribution in [0.2, 0.25) is 0 Å². The highest BCUT2D eigenvalue weighted by molar-refractivity contribution is 7.98. The van der Waals surface area contributed by atoms with Crippen molar-refractivity contribution in [1.82, 2.24) is 10.3 Å². The summed E-state index contributed by atoms with van der Waals surface area (Å²) < 4.78 is 0. The largest absolute Gasteiger partial charge is 0.320 e. The molecule has 0 aliphatic carbocycles. The van der Waals surface area contributed by atoms with E-state index in [1.807, 2.05) is 36.5 Å². The topological polar surface area (TPSA) is 54.0 Å². The molecule has 3 aromatic rings. The number of thioether (sulfide) groups is 1. The highest BCUT2D eigenvalue weighted by Gasteiger charge is 2.20. The second-order valence-corrected chi connectivity index (χ2v) is 8.93. The number of pyridine rings is 1. The van der Waals surface area contributed by atoms with Crippen molar-refractivity contribution < 1.29 is 4.79 Å². The van der Waals surface area contributed by atoms with Crippen LogP contribution in [0, 0.1) is 6.92 Å². The third-order valence-corrected chi connectivity index (χ3v) is 6.66. The number of nitrogens with zero attached hydrogens (tertiary/aromatic N) is 1. The first-order chi connectivity index (χ1) is 15.2. The number of aromatic nitrogens is 1. The van der Waals surface area contributed by atoms with E-state index in [9.17, 15) is 4.79 Å². The van der Waals surface area contributed by atoms with Crippen molar-refractivity contribution in [2.24, 2.45) is 0 Å². The summed E-state index contributed by atoms with van der Waals surface area (Å²) >= 11 is 1.73. The van der Waals surface area contributed by atoms with Gasteiger partial charge in [0.05, 0.1) is 11.4 Å². The normalized spacial score (nSPS) is 16.5. The van der Waals surface area contributed by atoms with Crippen molar-refractivity contribution in [2.75, 3.05) is 24.7 Å². The van der Waals surface area contributed by atoms with Crippen LogP contribution in [0.25, 0.3) is 11.1 Å². The number of anilines is 1. The number of hydrogen-bond donors (Lipinski definition) is 2. The molecule has 1 unspecified atom stereocenters. The highest BCUT2D eigenvalue weighted by Crippen LogP contribution is 2.30. The number of rotatable bonds is 5. The number of benzene rings is 2. The summed E-state index contributed by atoms with van der Waals surface area (Å²) in [5, 5.41) is 6.62. The Hall–Kier alpha value is -2.63. The smallest absolute Gasteiger partial charge is 0.255 e. The van der Waals surface area contributed by atoms with Gasteiger partial charge in [-0.05, 0) is 85.7 Å². The van der Waals surface area contributed by atoms with E-state index in [0.29, 0.717) is 11.5 Å². The molecule has 2 aromatic carbocycles. The van der Waals surface area contributed by atoms with Crippen molar-refractivity contribution in [3.05, 3.63) is 77.6 Å². The van der Waals surface area contributed by atoms with Crippen LogP contribution in [0.3, 0.4) is 0 Å². The third kappa shape index (κ3) is 5.17. The number of carbonyl (C=O) groups excluding carboxylic acids is 1. The van der Waals surface area contributed by atoms with Gasteiger partial charge in [-0.25, -0.2) is 0 Å². The monoisotopic (exact) mass is 431 g/mol. The van der Waals surface area contributed by atoms with E-state index in [1.54, 1.807) is 11.8 Å². The van der Waals surface area contributed by atoms with Gasteiger partial charge in [-0.2, -0.15) is 0 Å². The summed E-state index contributed by atoms with van der Waals surface area (Å²) in [6.45, 7) is 4.04. The molecular weight excluding hydrogens is 402 g/mol. The molecule has 1 amide bonds. The Bertz CT molecular complexity index is 1040. The Morgan fingerprint density at radius 1 is 1.13 bits per heavy atom. The average Bonchev–Trinajstić information content (AvgIpc) is 3.09. The molecule has 2 heterocycles. The van der Waals surface area contributed by atoms with E-state index >= 15 is 0 Å². The molecule has 0 radical (unpaired) electrons. The van der Waals surface area contributed by atoms with Crippen molar-refractivity contribution in [3.63, 3.8) is 0 Å². The lowest BCUT2D eigenvalue weighted by Crippen LogP contribution is -2.22. The molecule has 5 heteroatoms. The maximum atomic E-state index is 13.2. The molecule has 31 heavy (non-hydrogen) atoms. The number of aryl methyl sites for hydroxylation is 1. The van der Waals surface area contributed by atoms with Gasteiger partial charge < -0.3 is 10.6 Å². The molecule has 4 rings (SSSR count). The fourth-order valence-electron chi connectivity index (χ4n) is 4.14. The van der Waals surface area contributed by atoms with Crippen molar-refractivity contribution >= 4 is 23.4 Å². The minimum absolute atomic E-state index is 0.0992. The molecule has 1 saturated heterocycles. The van der Waals surface area contributed by atoms with Gasteiger partial charge in [0.25, 0.3) is 5.91 Å². The van der Waals surface area contributed by atoms with Crippen LogP contribution in [0.4, 0.5) is 5.69 Å². The summed E-state index contributed by atoms with van der Waals surface area (Å²) in [7, 11) is 0. The van der Waals surface area contributed by atoms with Crippen LogP contribution >= 0.6 is 11.8 Å². The second-order valence-electron chi connectivity index (χ2n) is 8.05. The average molecular weight is 432 g/mol. The zero-order valence-electron chi connectivity index (χ0n) is 18.2. The number of carbonyl (C=O) groups is 1. The maximum Gasteiger partial charge on any atom is 0.255 e. The number of amides is 1. The lowest BCUT2D eigenvalue weighted by atomic mass is 9.96. The van der Waals surface area contributed by atoms with Gasteiger partial charge in [0.2, 0.25) is 0 Å². The predicted octanol–water partition coefficient (Wildman–Crippen LogP) is 5.89. The third-order valence-electron chi connectivity index (χ3n) is 5.92. The lowest BCUT2D eigenvalue weighted by Gasteiger charge is -2.18. The van der Waals surface area contributed by atoms with Gasteiger partial charge >= 0.3 is 0 Å². The van der Waals surface area contributed by atoms with Gasteiger partial charge in [-0.1, -0.05) is 24.6 Å². The molecule has 1 fully saturated rings. The van der Waals surface area contributed by atoms with E-state index in [4.69, 9.17) is 0 Å². The zero-order chi connectivity index (χ0) is 21.6. The molecule has 1 atom stereocenters. The quantitative estimate of drug-likeness (QED) is 0.495. The van der Waals surface area contributed by atoms with Crippen LogP contribution in [0.15, 0.2) is 65.7 Å². The Morgan fingerprint density at radius 3 is 2.77 bits per heavy atom. The first-order valence-corrected chi connectivity index (χ1v) is 12.1. The minimum atomic E-state index is -0.0992. The van der Waals surface area contributed by atoms with E-state index in [0.717, 1.165) is 47.6 Å².